The number of aryl methyl sites for hydroxylation is 1. The van der Waals surface area contributed by atoms with Crippen LogP contribution >= 0.6 is 0 Å². The molecule has 0 amide bonds. The van der Waals surface area contributed by atoms with Crippen molar-refractivity contribution in [3.63, 3.8) is 0 Å². The Kier molecular flexibility index (Phi) is 5.36. The Bertz CT molecular complexity index is 776. The molecule has 0 heterocycles. The van der Waals surface area contributed by atoms with Gasteiger partial charge in [0.1, 0.15) is 6.10 Å². The number of benzene rings is 2. The van der Waals surface area contributed by atoms with Gasteiger partial charge >= 0.3 is 0 Å². The summed E-state index contributed by atoms with van der Waals surface area (Å²) in [6.45, 7) is 3.31. The molecule has 2 unspecified atom stereocenters. The molecule has 5 heteroatoms. The zero-order valence-corrected chi connectivity index (χ0v) is 13.9. The van der Waals surface area contributed by atoms with Crippen molar-refractivity contribution < 1.29 is 18.6 Å². The molecule has 122 valence electrons. The predicted molar refractivity (Wildman–Crippen MR) is 89.5 cm³/mol. The second-order valence-corrected chi connectivity index (χ2v) is 7.39. The average Bonchev–Trinajstić information content (AvgIpc) is 2.53. The van der Waals surface area contributed by atoms with Gasteiger partial charge in [0.15, 0.2) is 0 Å². The molecule has 0 fully saturated rings. The second-order valence-electron chi connectivity index (χ2n) is 5.44. The fraction of sp³-hybridized carbons (Fsp3) is 0.222. The maximum atomic E-state index is 12.9. The van der Waals surface area contributed by atoms with E-state index in [1.165, 1.54) is 25.1 Å². The Morgan fingerprint density at radius 2 is 1.57 bits per heavy atom. The minimum absolute atomic E-state index is 0.0879. The van der Waals surface area contributed by atoms with Gasteiger partial charge in [-0.3, -0.25) is 0 Å². The van der Waals surface area contributed by atoms with Gasteiger partial charge in [0, 0.05) is 0 Å². The van der Waals surface area contributed by atoms with E-state index in [2.05, 4.69) is 0 Å². The molecule has 0 aliphatic carbocycles. The molecule has 2 aromatic carbocycles. The summed E-state index contributed by atoms with van der Waals surface area (Å²) in [5.41, 5.74) is 1.39. The average molecular weight is 332 g/mol. The molecule has 2 N–H and O–H groups in total. The Morgan fingerprint density at radius 3 is 2.09 bits per heavy atom. The summed E-state index contributed by atoms with van der Waals surface area (Å²) in [6, 6.07) is 14.9. The lowest BCUT2D eigenvalue weighted by molar-refractivity contribution is 0.213. The van der Waals surface area contributed by atoms with Gasteiger partial charge in [0.25, 0.3) is 0 Å². The van der Waals surface area contributed by atoms with Crippen LogP contribution in [-0.2, 0) is 9.84 Å². The zero-order valence-electron chi connectivity index (χ0n) is 13.0. The molecule has 2 aromatic rings. The van der Waals surface area contributed by atoms with Crippen LogP contribution < -0.4 is 0 Å². The van der Waals surface area contributed by atoms with Crippen LogP contribution in [0.5, 0.6) is 0 Å². The molecule has 2 rings (SSSR count). The summed E-state index contributed by atoms with van der Waals surface area (Å²) in [5, 5.41) is 20.1. The highest BCUT2D eigenvalue weighted by molar-refractivity contribution is 7.95. The normalized spacial score (nSPS) is 15.2. The molecule has 0 saturated carbocycles. The van der Waals surface area contributed by atoms with Gasteiger partial charge in [0.2, 0.25) is 9.84 Å². The molecule has 23 heavy (non-hydrogen) atoms. The summed E-state index contributed by atoms with van der Waals surface area (Å²) in [5.74, 6) is 0. The molecular formula is C18H20O4S. The lowest BCUT2D eigenvalue weighted by Crippen LogP contribution is -2.15. The summed E-state index contributed by atoms with van der Waals surface area (Å²) in [4.78, 5) is -0.132. The first-order valence-corrected chi connectivity index (χ1v) is 8.75. The van der Waals surface area contributed by atoms with Gasteiger partial charge in [-0.2, -0.15) is 0 Å². The summed E-state index contributed by atoms with van der Waals surface area (Å²) < 4.78 is 25.7. The standard InChI is InChI=1S/C18H20O4S/c1-13-8-10-16(11-9-13)23(21,22)17(12-14(2)19)18(20)15-6-4-3-5-7-15/h3-12,14,18-20H,1-2H3/b17-12+. The summed E-state index contributed by atoms with van der Waals surface area (Å²) in [7, 11) is -3.91. The van der Waals surface area contributed by atoms with Crippen molar-refractivity contribution in [1.82, 2.24) is 0 Å². The van der Waals surface area contributed by atoms with E-state index in [1.807, 2.05) is 6.92 Å². The third-order valence-electron chi connectivity index (χ3n) is 3.43. The van der Waals surface area contributed by atoms with Crippen LogP contribution in [0.4, 0.5) is 0 Å². The van der Waals surface area contributed by atoms with Crippen LogP contribution in [-0.4, -0.2) is 24.7 Å². The number of hydrogen-bond acceptors (Lipinski definition) is 4. The van der Waals surface area contributed by atoms with Crippen molar-refractivity contribution in [3.05, 3.63) is 76.7 Å². The van der Waals surface area contributed by atoms with Crippen LogP contribution in [0, 0.1) is 6.92 Å². The first-order chi connectivity index (χ1) is 10.8. The molecule has 0 spiro atoms. The van der Waals surface area contributed by atoms with Crippen LogP contribution in [0.15, 0.2) is 70.5 Å². The number of aliphatic hydroxyl groups excluding tert-OH is 2. The maximum Gasteiger partial charge on any atom is 0.205 e. The molecule has 0 aliphatic heterocycles. The summed E-state index contributed by atoms with van der Waals surface area (Å²) in [6.07, 6.45) is -1.16. The Balaban J connectivity index is 2.53. The van der Waals surface area contributed by atoms with Crippen LogP contribution in [0.3, 0.4) is 0 Å². The topological polar surface area (TPSA) is 74.6 Å². The quantitative estimate of drug-likeness (QED) is 0.883. The van der Waals surface area contributed by atoms with E-state index in [0.29, 0.717) is 5.56 Å². The molecule has 4 nitrogen and oxygen atoms in total. The first-order valence-electron chi connectivity index (χ1n) is 7.27. The largest absolute Gasteiger partial charge is 0.389 e. The molecule has 0 bridgehead atoms. The van der Waals surface area contributed by atoms with Gasteiger partial charge < -0.3 is 10.2 Å². The van der Waals surface area contributed by atoms with Gasteiger partial charge in [-0.25, -0.2) is 8.42 Å². The maximum absolute atomic E-state index is 12.9. The predicted octanol–water partition coefficient (Wildman–Crippen LogP) is 2.77. The minimum Gasteiger partial charge on any atom is -0.389 e. The van der Waals surface area contributed by atoms with Gasteiger partial charge in [-0.15, -0.1) is 0 Å². The first kappa shape index (κ1) is 17.4. The van der Waals surface area contributed by atoms with Crippen molar-refractivity contribution in [2.45, 2.75) is 31.0 Å². The monoisotopic (exact) mass is 332 g/mol. The van der Waals surface area contributed by atoms with Gasteiger partial charge in [-0.1, -0.05) is 48.0 Å². The second kappa shape index (κ2) is 7.08. The van der Waals surface area contributed by atoms with Crippen molar-refractivity contribution in [1.29, 1.82) is 0 Å². The smallest absolute Gasteiger partial charge is 0.205 e. The minimum atomic E-state index is -3.91. The van der Waals surface area contributed by atoms with E-state index >= 15 is 0 Å². The highest BCUT2D eigenvalue weighted by atomic mass is 32.2. The lowest BCUT2D eigenvalue weighted by Gasteiger charge is -2.17. The molecule has 0 aromatic heterocycles. The fourth-order valence-electron chi connectivity index (χ4n) is 2.22. The molecule has 0 aliphatic rings. The zero-order chi connectivity index (χ0) is 17.0. The third kappa shape index (κ3) is 4.07. The fourth-order valence-corrected chi connectivity index (χ4v) is 3.79. The Hall–Kier alpha value is -1.95. The Morgan fingerprint density at radius 1 is 1.00 bits per heavy atom. The lowest BCUT2D eigenvalue weighted by atomic mass is 10.1. The summed E-state index contributed by atoms with van der Waals surface area (Å²) >= 11 is 0. The SMILES string of the molecule is Cc1ccc(S(=O)(=O)/C(=C/C(C)O)C(O)c2ccccc2)cc1. The van der Waals surface area contributed by atoms with Gasteiger partial charge in [-0.05, 0) is 37.6 Å². The van der Waals surface area contributed by atoms with Crippen LogP contribution in [0.25, 0.3) is 0 Å². The van der Waals surface area contributed by atoms with Crippen molar-refractivity contribution in [2.75, 3.05) is 0 Å². The molecular weight excluding hydrogens is 312 g/mol. The van der Waals surface area contributed by atoms with Gasteiger partial charge in [0.05, 0.1) is 15.9 Å². The van der Waals surface area contributed by atoms with Crippen LogP contribution in [0.2, 0.25) is 0 Å². The third-order valence-corrected chi connectivity index (χ3v) is 5.30. The number of aliphatic hydroxyl groups is 2. The van der Waals surface area contributed by atoms with E-state index in [0.717, 1.165) is 5.56 Å². The Labute approximate surface area is 136 Å². The molecule has 0 radical (unpaired) electrons. The van der Waals surface area contributed by atoms with Crippen molar-refractivity contribution >= 4 is 9.84 Å². The molecule has 2 atom stereocenters. The van der Waals surface area contributed by atoms with E-state index in [4.69, 9.17) is 0 Å². The van der Waals surface area contributed by atoms with E-state index < -0.39 is 22.0 Å². The number of rotatable bonds is 5. The number of hydrogen-bond donors (Lipinski definition) is 2. The highest BCUT2D eigenvalue weighted by Gasteiger charge is 2.28. The van der Waals surface area contributed by atoms with Crippen molar-refractivity contribution in [2.24, 2.45) is 0 Å². The number of sulfone groups is 1. The van der Waals surface area contributed by atoms with Crippen LogP contribution in [0.1, 0.15) is 24.2 Å². The van der Waals surface area contributed by atoms with E-state index in [9.17, 15) is 18.6 Å². The van der Waals surface area contributed by atoms with E-state index in [1.54, 1.807) is 42.5 Å². The molecule has 0 saturated heterocycles. The highest BCUT2D eigenvalue weighted by Crippen LogP contribution is 2.31. The van der Waals surface area contributed by atoms with Crippen molar-refractivity contribution in [3.8, 4) is 0 Å². The van der Waals surface area contributed by atoms with E-state index in [-0.39, 0.29) is 9.80 Å².